The van der Waals surface area contributed by atoms with Gasteiger partial charge in [0, 0.05) is 12.4 Å². The minimum atomic E-state index is 0.326. The van der Waals surface area contributed by atoms with Gasteiger partial charge < -0.3 is 5.73 Å². The maximum Gasteiger partial charge on any atom is 0.240 e. The van der Waals surface area contributed by atoms with E-state index in [0.29, 0.717) is 19.0 Å². The largest absolute Gasteiger partial charge is 0.367 e. The van der Waals surface area contributed by atoms with Crippen LogP contribution in [0.3, 0.4) is 0 Å². The van der Waals surface area contributed by atoms with Crippen molar-refractivity contribution >= 4 is 5.95 Å². The van der Waals surface area contributed by atoms with E-state index in [2.05, 4.69) is 20.6 Å². The highest BCUT2D eigenvalue weighted by Crippen LogP contribution is 1.93. The lowest BCUT2D eigenvalue weighted by atomic mass is 10.6. The van der Waals surface area contributed by atoms with Crippen LogP contribution in [-0.2, 0) is 13.1 Å². The normalized spacial score (nSPS) is 10.5. The van der Waals surface area contributed by atoms with Gasteiger partial charge >= 0.3 is 0 Å². The zero-order valence-corrected chi connectivity index (χ0v) is 6.91. The third-order valence-corrected chi connectivity index (χ3v) is 1.66. The fourth-order valence-corrected chi connectivity index (χ4v) is 1.00. The summed E-state index contributed by atoms with van der Waals surface area (Å²) in [5.74, 6) is 0.326. The second-order valence-corrected chi connectivity index (χ2v) is 2.53. The fourth-order valence-electron chi connectivity index (χ4n) is 1.00. The first-order valence-electron chi connectivity index (χ1n) is 3.85. The number of tetrazole rings is 1. The minimum absolute atomic E-state index is 0.326. The van der Waals surface area contributed by atoms with E-state index in [9.17, 15) is 0 Å². The number of nitrogens with zero attached hydrogens (tertiary/aromatic N) is 6. The molecule has 0 spiro atoms. The highest BCUT2D eigenvalue weighted by Gasteiger charge is 1.99. The van der Waals surface area contributed by atoms with Crippen LogP contribution in [0.25, 0.3) is 0 Å². The number of nitrogen functional groups attached to an aromatic ring is 1. The molecule has 0 radical (unpaired) electrons. The fraction of sp³-hybridized carbons (Fsp3) is 0.333. The summed E-state index contributed by atoms with van der Waals surface area (Å²) in [7, 11) is 0. The Morgan fingerprint density at radius 3 is 2.92 bits per heavy atom. The van der Waals surface area contributed by atoms with E-state index in [0.717, 1.165) is 0 Å². The predicted octanol–water partition coefficient (Wildman–Crippen LogP) is -0.848. The van der Waals surface area contributed by atoms with Crippen molar-refractivity contribution in [2.24, 2.45) is 0 Å². The predicted molar refractivity (Wildman–Crippen MR) is 44.5 cm³/mol. The van der Waals surface area contributed by atoms with E-state index < -0.39 is 0 Å². The highest BCUT2D eigenvalue weighted by molar-refractivity contribution is 5.09. The average Bonchev–Trinajstić information content (AvgIpc) is 2.72. The van der Waals surface area contributed by atoms with Gasteiger partial charge in [0.2, 0.25) is 5.95 Å². The smallest absolute Gasteiger partial charge is 0.240 e. The molecule has 13 heavy (non-hydrogen) atoms. The quantitative estimate of drug-likeness (QED) is 0.663. The second-order valence-electron chi connectivity index (χ2n) is 2.53. The Bertz CT molecular complexity index is 362. The standard InChI is InChI=1S/C6H9N7/c7-6-9-10-11-13(6)5-4-12-3-1-2-8-12/h1-3H,4-5H2,(H2,7,9,11). The number of hydrogen-bond acceptors (Lipinski definition) is 5. The van der Waals surface area contributed by atoms with Gasteiger partial charge in [-0.3, -0.25) is 4.68 Å². The van der Waals surface area contributed by atoms with E-state index in [-0.39, 0.29) is 0 Å². The molecule has 2 aromatic rings. The molecule has 0 fully saturated rings. The third-order valence-electron chi connectivity index (χ3n) is 1.66. The number of nitrogens with two attached hydrogens (primary N) is 1. The van der Waals surface area contributed by atoms with E-state index in [1.54, 1.807) is 10.9 Å². The topological polar surface area (TPSA) is 87.4 Å². The molecular weight excluding hydrogens is 170 g/mol. The number of aryl methyl sites for hydroxylation is 2. The monoisotopic (exact) mass is 179 g/mol. The lowest BCUT2D eigenvalue weighted by molar-refractivity contribution is 0.494. The maximum atomic E-state index is 5.48. The Hall–Kier alpha value is -1.92. The minimum Gasteiger partial charge on any atom is -0.367 e. The molecule has 0 bridgehead atoms. The summed E-state index contributed by atoms with van der Waals surface area (Å²) in [6, 6.07) is 1.86. The molecule has 0 saturated heterocycles. The molecule has 0 aliphatic carbocycles. The summed E-state index contributed by atoms with van der Waals surface area (Å²) in [5.41, 5.74) is 5.48. The zero-order valence-electron chi connectivity index (χ0n) is 6.91. The van der Waals surface area contributed by atoms with E-state index in [1.165, 1.54) is 4.68 Å². The Labute approximate surface area is 74.1 Å². The average molecular weight is 179 g/mol. The van der Waals surface area contributed by atoms with Gasteiger partial charge in [0.15, 0.2) is 0 Å². The van der Waals surface area contributed by atoms with E-state index in [1.807, 2.05) is 12.3 Å². The third kappa shape index (κ3) is 1.63. The zero-order chi connectivity index (χ0) is 9.10. The van der Waals surface area contributed by atoms with E-state index >= 15 is 0 Å². The van der Waals surface area contributed by atoms with Crippen molar-refractivity contribution in [3.8, 4) is 0 Å². The SMILES string of the molecule is Nc1nnnn1CCn1cccn1. The summed E-state index contributed by atoms with van der Waals surface area (Å²) in [6.07, 6.45) is 3.60. The Morgan fingerprint density at radius 1 is 1.38 bits per heavy atom. The van der Waals surface area contributed by atoms with Gasteiger partial charge in [-0.05, 0) is 16.5 Å². The molecule has 2 N–H and O–H groups in total. The van der Waals surface area contributed by atoms with E-state index in [4.69, 9.17) is 5.73 Å². The molecule has 0 aliphatic heterocycles. The summed E-state index contributed by atoms with van der Waals surface area (Å²) in [5, 5.41) is 14.7. The van der Waals surface area contributed by atoms with Crippen molar-refractivity contribution in [3.05, 3.63) is 18.5 Å². The van der Waals surface area contributed by atoms with Crippen LogP contribution in [0, 0.1) is 0 Å². The molecule has 68 valence electrons. The van der Waals surface area contributed by atoms with Crippen molar-refractivity contribution in [3.63, 3.8) is 0 Å². The maximum absolute atomic E-state index is 5.48. The van der Waals surface area contributed by atoms with Crippen LogP contribution < -0.4 is 5.73 Å². The van der Waals surface area contributed by atoms with Gasteiger partial charge in [0.05, 0.1) is 13.1 Å². The molecule has 7 heteroatoms. The Balaban J connectivity index is 1.97. The van der Waals surface area contributed by atoms with Crippen LogP contribution >= 0.6 is 0 Å². The first kappa shape index (κ1) is 7.71. The molecule has 2 heterocycles. The Morgan fingerprint density at radius 2 is 2.31 bits per heavy atom. The molecule has 0 aliphatic rings. The molecule has 2 rings (SSSR count). The van der Waals surface area contributed by atoms with Gasteiger partial charge in [-0.2, -0.15) is 5.10 Å². The van der Waals surface area contributed by atoms with Crippen LogP contribution in [0.5, 0.6) is 0 Å². The van der Waals surface area contributed by atoms with Crippen LogP contribution in [0.1, 0.15) is 0 Å². The molecule has 0 saturated carbocycles. The molecular formula is C6H9N7. The summed E-state index contributed by atoms with van der Waals surface area (Å²) >= 11 is 0. The molecule has 0 aromatic carbocycles. The first-order valence-corrected chi connectivity index (χ1v) is 3.85. The van der Waals surface area contributed by atoms with Gasteiger partial charge in [-0.25, -0.2) is 4.68 Å². The lowest BCUT2D eigenvalue weighted by Gasteiger charge is -2.00. The number of rotatable bonds is 3. The summed E-state index contributed by atoms with van der Waals surface area (Å²) < 4.78 is 3.32. The van der Waals surface area contributed by atoms with Crippen molar-refractivity contribution in [2.75, 3.05) is 5.73 Å². The molecule has 7 nitrogen and oxygen atoms in total. The van der Waals surface area contributed by atoms with Crippen molar-refractivity contribution in [2.45, 2.75) is 13.1 Å². The van der Waals surface area contributed by atoms with Gasteiger partial charge in [0.1, 0.15) is 0 Å². The van der Waals surface area contributed by atoms with Crippen molar-refractivity contribution in [1.82, 2.24) is 30.0 Å². The first-order chi connectivity index (χ1) is 6.36. The summed E-state index contributed by atoms with van der Waals surface area (Å²) in [4.78, 5) is 0. The summed E-state index contributed by atoms with van der Waals surface area (Å²) in [6.45, 7) is 1.34. The van der Waals surface area contributed by atoms with Crippen molar-refractivity contribution in [1.29, 1.82) is 0 Å². The highest BCUT2D eigenvalue weighted by atomic mass is 15.6. The van der Waals surface area contributed by atoms with Crippen LogP contribution in [0.15, 0.2) is 18.5 Å². The number of anilines is 1. The number of hydrogen-bond donors (Lipinski definition) is 1. The molecule has 2 aromatic heterocycles. The van der Waals surface area contributed by atoms with Crippen molar-refractivity contribution < 1.29 is 0 Å². The van der Waals surface area contributed by atoms with Crippen LogP contribution in [0.2, 0.25) is 0 Å². The molecule has 0 amide bonds. The lowest BCUT2D eigenvalue weighted by Crippen LogP contribution is -2.11. The molecule has 0 atom stereocenters. The van der Waals surface area contributed by atoms with Gasteiger partial charge in [0.25, 0.3) is 0 Å². The van der Waals surface area contributed by atoms with Crippen LogP contribution in [-0.4, -0.2) is 30.0 Å². The van der Waals surface area contributed by atoms with Gasteiger partial charge in [-0.1, -0.05) is 5.10 Å². The van der Waals surface area contributed by atoms with Gasteiger partial charge in [-0.15, -0.1) is 0 Å². The molecule has 0 unspecified atom stereocenters. The Kier molecular flexibility index (Phi) is 1.91. The second kappa shape index (κ2) is 3.21. The number of aromatic nitrogens is 6. The van der Waals surface area contributed by atoms with Crippen LogP contribution in [0.4, 0.5) is 5.95 Å².